The van der Waals surface area contributed by atoms with Gasteiger partial charge in [-0.2, -0.15) is 0 Å². The summed E-state index contributed by atoms with van der Waals surface area (Å²) in [5.41, 5.74) is 1.50. The Kier molecular flexibility index (Phi) is 6.15. The van der Waals surface area contributed by atoms with Gasteiger partial charge in [0.1, 0.15) is 5.56 Å². The number of anilines is 1. The number of hydrogen-bond donors (Lipinski definition) is 1. The van der Waals surface area contributed by atoms with Gasteiger partial charge in [0.25, 0.3) is 11.5 Å². The predicted molar refractivity (Wildman–Crippen MR) is 124 cm³/mol. The van der Waals surface area contributed by atoms with Crippen LogP contribution in [0.2, 0.25) is 0 Å². The molecule has 1 aromatic carbocycles. The Morgan fingerprint density at radius 3 is 2.59 bits per heavy atom. The van der Waals surface area contributed by atoms with E-state index in [2.05, 4.69) is 15.3 Å². The van der Waals surface area contributed by atoms with E-state index in [9.17, 15) is 14.4 Å². The maximum Gasteiger partial charge on any atom is 0.357 e. The Hall–Kier alpha value is -3.37. The summed E-state index contributed by atoms with van der Waals surface area (Å²) in [5, 5.41) is 2.86. The number of aromatic nitrogens is 3. The number of thiazole rings is 2. The van der Waals surface area contributed by atoms with Crippen LogP contribution >= 0.6 is 22.7 Å². The van der Waals surface area contributed by atoms with Crippen LogP contribution in [0.1, 0.15) is 41.9 Å². The lowest BCUT2D eigenvalue weighted by Gasteiger charge is -2.02. The summed E-state index contributed by atoms with van der Waals surface area (Å²) in [5.74, 6) is -1.20. The fourth-order valence-corrected chi connectivity index (χ4v) is 5.10. The van der Waals surface area contributed by atoms with E-state index >= 15 is 0 Å². The molecule has 0 radical (unpaired) electrons. The highest BCUT2D eigenvalue weighted by atomic mass is 32.1. The SMILES string of the molecule is COC(=O)c1nc(NC(=O)c2cnc3sc(C)c(C)n3c2=O)sc1CCc1ccccc1. The zero-order valence-electron chi connectivity index (χ0n) is 17.7. The minimum atomic E-state index is -0.625. The van der Waals surface area contributed by atoms with Gasteiger partial charge in [0.15, 0.2) is 15.8 Å². The molecule has 32 heavy (non-hydrogen) atoms. The second-order valence-corrected chi connectivity index (χ2v) is 9.33. The first-order valence-electron chi connectivity index (χ1n) is 9.80. The van der Waals surface area contributed by atoms with Gasteiger partial charge < -0.3 is 4.74 Å². The van der Waals surface area contributed by atoms with Gasteiger partial charge in [-0.3, -0.25) is 19.3 Å². The molecule has 4 aromatic rings. The third kappa shape index (κ3) is 4.19. The molecule has 0 unspecified atom stereocenters. The molecule has 1 N–H and O–H groups in total. The van der Waals surface area contributed by atoms with Crippen molar-refractivity contribution in [3.8, 4) is 0 Å². The number of esters is 1. The number of nitrogens with one attached hydrogen (secondary N) is 1. The first kappa shape index (κ1) is 21.8. The van der Waals surface area contributed by atoms with E-state index in [0.29, 0.717) is 22.7 Å². The maximum absolute atomic E-state index is 12.9. The number of ether oxygens (including phenoxy) is 1. The molecule has 0 spiro atoms. The molecule has 4 rings (SSSR count). The summed E-state index contributed by atoms with van der Waals surface area (Å²) in [7, 11) is 1.29. The number of nitrogens with zero attached hydrogens (tertiary/aromatic N) is 3. The van der Waals surface area contributed by atoms with Gasteiger partial charge >= 0.3 is 5.97 Å². The van der Waals surface area contributed by atoms with E-state index < -0.39 is 17.4 Å². The standard InChI is InChI=1S/C22H20N4O4S2/c1-12-13(2)31-22-23-11-15(19(28)26(12)22)18(27)25-21-24-17(20(29)30-3)16(32-21)10-9-14-7-5-4-6-8-14/h4-8,11H,9-10H2,1-3H3,(H,24,25,27). The van der Waals surface area contributed by atoms with E-state index in [0.717, 1.165) is 16.1 Å². The van der Waals surface area contributed by atoms with Crippen molar-refractivity contribution in [3.05, 3.63) is 79.2 Å². The number of carbonyl (C=O) groups is 2. The van der Waals surface area contributed by atoms with Gasteiger partial charge in [0.2, 0.25) is 0 Å². The fourth-order valence-electron chi connectivity index (χ4n) is 3.23. The van der Waals surface area contributed by atoms with Crippen LogP contribution in [0.3, 0.4) is 0 Å². The van der Waals surface area contributed by atoms with Crippen LogP contribution in [-0.2, 0) is 17.6 Å². The molecule has 10 heteroatoms. The van der Waals surface area contributed by atoms with E-state index in [-0.39, 0.29) is 16.4 Å². The molecule has 0 atom stereocenters. The zero-order valence-corrected chi connectivity index (χ0v) is 19.3. The molecule has 0 saturated carbocycles. The number of hydrogen-bond acceptors (Lipinski definition) is 8. The molecule has 0 aliphatic carbocycles. The molecule has 8 nitrogen and oxygen atoms in total. The van der Waals surface area contributed by atoms with Crippen LogP contribution in [-0.4, -0.2) is 33.4 Å². The van der Waals surface area contributed by atoms with E-state index in [4.69, 9.17) is 4.74 Å². The van der Waals surface area contributed by atoms with Gasteiger partial charge in [-0.05, 0) is 32.3 Å². The summed E-state index contributed by atoms with van der Waals surface area (Å²) in [6.07, 6.45) is 2.54. The lowest BCUT2D eigenvalue weighted by Crippen LogP contribution is -2.26. The van der Waals surface area contributed by atoms with E-state index in [1.54, 1.807) is 0 Å². The smallest absolute Gasteiger partial charge is 0.357 e. The largest absolute Gasteiger partial charge is 0.464 e. The number of rotatable bonds is 6. The highest BCUT2D eigenvalue weighted by Crippen LogP contribution is 2.26. The molecule has 1 amide bonds. The molecular formula is C22H20N4O4S2. The Morgan fingerprint density at radius 1 is 1.12 bits per heavy atom. The Labute approximate surface area is 191 Å². The van der Waals surface area contributed by atoms with Crippen LogP contribution in [0.4, 0.5) is 5.13 Å². The fraction of sp³-hybridized carbons (Fsp3) is 0.227. The molecule has 0 aliphatic heterocycles. The van der Waals surface area contributed by atoms with Crippen LogP contribution in [0.5, 0.6) is 0 Å². The third-order valence-electron chi connectivity index (χ3n) is 5.04. The number of amides is 1. The van der Waals surface area contributed by atoms with Crippen molar-refractivity contribution in [2.45, 2.75) is 26.7 Å². The average molecular weight is 469 g/mol. The molecule has 0 fully saturated rings. The monoisotopic (exact) mass is 468 g/mol. The van der Waals surface area contributed by atoms with Crippen molar-refractivity contribution in [2.24, 2.45) is 0 Å². The van der Waals surface area contributed by atoms with Crippen LogP contribution < -0.4 is 10.9 Å². The van der Waals surface area contributed by atoms with Gasteiger partial charge in [-0.25, -0.2) is 14.8 Å². The van der Waals surface area contributed by atoms with E-state index in [1.807, 2.05) is 44.2 Å². The molecule has 3 heterocycles. The van der Waals surface area contributed by atoms with Crippen molar-refractivity contribution in [1.82, 2.24) is 14.4 Å². The minimum Gasteiger partial charge on any atom is -0.464 e. The highest BCUT2D eigenvalue weighted by Gasteiger charge is 2.22. The summed E-state index contributed by atoms with van der Waals surface area (Å²) < 4.78 is 6.28. The second-order valence-electron chi connectivity index (χ2n) is 7.06. The Balaban J connectivity index is 1.60. The van der Waals surface area contributed by atoms with Gasteiger partial charge in [0.05, 0.1) is 7.11 Å². The summed E-state index contributed by atoms with van der Waals surface area (Å²) in [6.45, 7) is 3.71. The van der Waals surface area contributed by atoms with Crippen molar-refractivity contribution in [3.63, 3.8) is 0 Å². The molecular weight excluding hydrogens is 448 g/mol. The lowest BCUT2D eigenvalue weighted by atomic mass is 10.1. The van der Waals surface area contributed by atoms with Gasteiger partial charge in [-0.15, -0.1) is 22.7 Å². The number of aryl methyl sites for hydroxylation is 4. The summed E-state index contributed by atoms with van der Waals surface area (Å²) in [6, 6.07) is 9.86. The quantitative estimate of drug-likeness (QED) is 0.433. The first-order valence-corrected chi connectivity index (χ1v) is 11.4. The number of fused-ring (bicyclic) bond motifs is 1. The van der Waals surface area contributed by atoms with Crippen LogP contribution in [0, 0.1) is 13.8 Å². The van der Waals surface area contributed by atoms with Crippen molar-refractivity contribution >= 4 is 44.6 Å². The maximum atomic E-state index is 12.9. The van der Waals surface area contributed by atoms with Crippen molar-refractivity contribution in [2.75, 3.05) is 12.4 Å². The Bertz CT molecular complexity index is 1370. The lowest BCUT2D eigenvalue weighted by molar-refractivity contribution is 0.0593. The van der Waals surface area contributed by atoms with Gasteiger partial charge in [-0.1, -0.05) is 30.3 Å². The topological polar surface area (TPSA) is 103 Å². The van der Waals surface area contributed by atoms with E-state index in [1.165, 1.54) is 40.4 Å². The molecule has 0 saturated heterocycles. The Morgan fingerprint density at radius 2 is 1.88 bits per heavy atom. The van der Waals surface area contributed by atoms with Crippen LogP contribution in [0.15, 0.2) is 41.3 Å². The third-order valence-corrected chi connectivity index (χ3v) is 7.15. The molecule has 3 aromatic heterocycles. The van der Waals surface area contributed by atoms with Crippen LogP contribution in [0.25, 0.3) is 4.96 Å². The summed E-state index contributed by atoms with van der Waals surface area (Å²) in [4.78, 5) is 48.6. The molecule has 164 valence electrons. The number of benzene rings is 1. The number of methoxy groups -OCH3 is 1. The van der Waals surface area contributed by atoms with Crippen molar-refractivity contribution in [1.29, 1.82) is 0 Å². The average Bonchev–Trinajstić information content (AvgIpc) is 3.33. The molecule has 0 bridgehead atoms. The normalized spacial score (nSPS) is 11.0. The first-order chi connectivity index (χ1) is 15.4. The van der Waals surface area contributed by atoms with Gasteiger partial charge in [0, 0.05) is 21.6 Å². The van der Waals surface area contributed by atoms with Crippen molar-refractivity contribution < 1.29 is 14.3 Å². The summed E-state index contributed by atoms with van der Waals surface area (Å²) >= 11 is 2.58. The molecule has 0 aliphatic rings. The second kappa shape index (κ2) is 9.01. The number of carbonyl (C=O) groups excluding carboxylic acids is 2. The minimum absolute atomic E-state index is 0.0935. The highest BCUT2D eigenvalue weighted by molar-refractivity contribution is 7.17. The zero-order chi connectivity index (χ0) is 22.8. The predicted octanol–water partition coefficient (Wildman–Crippen LogP) is 3.65.